The van der Waals surface area contributed by atoms with Gasteiger partial charge in [0.1, 0.15) is 5.82 Å². The smallest absolute Gasteiger partial charge is 0.266 e. The lowest BCUT2D eigenvalue weighted by Crippen LogP contribution is -2.12. The Morgan fingerprint density at radius 2 is 1.77 bits per heavy atom. The Morgan fingerprint density at radius 1 is 1.00 bits per heavy atom. The molecule has 1 amide bonds. The van der Waals surface area contributed by atoms with Crippen LogP contribution in [0.3, 0.4) is 0 Å². The van der Waals surface area contributed by atoms with Gasteiger partial charge in [-0.05, 0) is 23.8 Å². The maximum atomic E-state index is 12.7. The average Bonchev–Trinajstić information content (AvgIpc) is 3.13. The summed E-state index contributed by atoms with van der Waals surface area (Å²) in [7, 11) is 0. The second-order valence-corrected chi connectivity index (χ2v) is 7.45. The number of rotatable bonds is 4. The first kappa shape index (κ1) is 16.8. The lowest BCUT2D eigenvalue weighted by Gasteiger charge is -2.08. The molecule has 0 aliphatic carbocycles. The molecule has 2 aromatic heterocycles. The number of nitrogens with zero attached hydrogens (tertiary/aromatic N) is 2. The van der Waals surface area contributed by atoms with Crippen LogP contribution in [0.4, 0.5) is 5.82 Å². The Labute approximate surface area is 159 Å². The van der Waals surface area contributed by atoms with E-state index in [0.717, 1.165) is 21.3 Å². The van der Waals surface area contributed by atoms with Gasteiger partial charge in [-0.3, -0.25) is 4.79 Å². The van der Waals surface area contributed by atoms with E-state index in [1.165, 1.54) is 23.1 Å². The average molecular weight is 377 g/mol. The SMILES string of the molecule is CSc1nc(NC(=O)c2cc3ccccc3s2)cc(-c2ccccc2)n1. The lowest BCUT2D eigenvalue weighted by atomic mass is 10.1. The summed E-state index contributed by atoms with van der Waals surface area (Å²) in [5, 5.41) is 4.60. The molecule has 2 aromatic carbocycles. The van der Waals surface area contributed by atoms with Crippen molar-refractivity contribution in [3.8, 4) is 11.3 Å². The van der Waals surface area contributed by atoms with Crippen molar-refractivity contribution < 1.29 is 4.79 Å². The molecule has 1 N–H and O–H groups in total. The van der Waals surface area contributed by atoms with Crippen molar-refractivity contribution in [2.24, 2.45) is 0 Å². The number of thioether (sulfide) groups is 1. The van der Waals surface area contributed by atoms with Gasteiger partial charge in [-0.2, -0.15) is 0 Å². The Kier molecular flexibility index (Phi) is 4.69. The highest BCUT2D eigenvalue weighted by Gasteiger charge is 2.13. The molecule has 4 rings (SSSR count). The minimum atomic E-state index is -0.157. The molecular weight excluding hydrogens is 362 g/mol. The Balaban J connectivity index is 1.65. The molecule has 0 saturated heterocycles. The number of thiophene rings is 1. The van der Waals surface area contributed by atoms with Crippen LogP contribution in [0.25, 0.3) is 21.3 Å². The van der Waals surface area contributed by atoms with Crippen LogP contribution in [0.2, 0.25) is 0 Å². The first-order valence-electron chi connectivity index (χ1n) is 8.01. The van der Waals surface area contributed by atoms with Gasteiger partial charge in [0.25, 0.3) is 5.91 Å². The minimum absolute atomic E-state index is 0.157. The van der Waals surface area contributed by atoms with E-state index in [1.54, 1.807) is 6.07 Å². The molecular formula is C20H15N3OS2. The summed E-state index contributed by atoms with van der Waals surface area (Å²) in [6, 6.07) is 21.5. The van der Waals surface area contributed by atoms with Gasteiger partial charge in [0, 0.05) is 16.3 Å². The van der Waals surface area contributed by atoms with Gasteiger partial charge in [-0.1, -0.05) is 60.3 Å². The molecule has 0 aliphatic rings. The maximum absolute atomic E-state index is 12.7. The largest absolute Gasteiger partial charge is 0.306 e. The number of nitrogens with one attached hydrogen (secondary N) is 1. The van der Waals surface area contributed by atoms with Crippen molar-refractivity contribution in [3.05, 3.63) is 71.6 Å². The first-order valence-corrected chi connectivity index (χ1v) is 10.1. The fourth-order valence-corrected chi connectivity index (χ4v) is 3.95. The predicted molar refractivity (Wildman–Crippen MR) is 109 cm³/mol. The van der Waals surface area contributed by atoms with E-state index in [2.05, 4.69) is 15.3 Å². The van der Waals surface area contributed by atoms with Crippen LogP contribution in [-0.2, 0) is 0 Å². The Morgan fingerprint density at radius 3 is 2.54 bits per heavy atom. The fraction of sp³-hybridized carbons (Fsp3) is 0.0500. The molecule has 0 spiro atoms. The number of carbonyl (C=O) groups excluding carboxylic acids is 1. The van der Waals surface area contributed by atoms with Gasteiger partial charge < -0.3 is 5.32 Å². The van der Waals surface area contributed by atoms with Crippen LogP contribution >= 0.6 is 23.1 Å². The monoisotopic (exact) mass is 377 g/mol. The van der Waals surface area contributed by atoms with E-state index < -0.39 is 0 Å². The molecule has 0 atom stereocenters. The number of carbonyl (C=O) groups is 1. The zero-order valence-corrected chi connectivity index (χ0v) is 15.6. The summed E-state index contributed by atoms with van der Waals surface area (Å²) in [6.45, 7) is 0. The van der Waals surface area contributed by atoms with Crippen LogP contribution in [0.5, 0.6) is 0 Å². The summed E-state index contributed by atoms with van der Waals surface area (Å²) >= 11 is 2.92. The number of aromatic nitrogens is 2. The molecule has 4 nitrogen and oxygen atoms in total. The van der Waals surface area contributed by atoms with Crippen molar-refractivity contribution in [1.29, 1.82) is 0 Å². The standard InChI is InChI=1S/C20H15N3OS2/c1-25-20-21-15(13-7-3-2-4-8-13)12-18(23-20)22-19(24)17-11-14-9-5-6-10-16(14)26-17/h2-12H,1H3,(H,21,22,23,24). The summed E-state index contributed by atoms with van der Waals surface area (Å²) in [5.74, 6) is 0.349. The summed E-state index contributed by atoms with van der Waals surface area (Å²) in [6.07, 6.45) is 1.92. The van der Waals surface area contributed by atoms with Crippen molar-refractivity contribution in [3.63, 3.8) is 0 Å². The van der Waals surface area contributed by atoms with Crippen LogP contribution in [0.1, 0.15) is 9.67 Å². The van der Waals surface area contributed by atoms with Crippen molar-refractivity contribution in [2.45, 2.75) is 5.16 Å². The lowest BCUT2D eigenvalue weighted by molar-refractivity contribution is 0.103. The highest BCUT2D eigenvalue weighted by molar-refractivity contribution is 7.98. The predicted octanol–water partition coefficient (Wildman–Crippen LogP) is 5.33. The molecule has 0 aliphatic heterocycles. The maximum Gasteiger partial charge on any atom is 0.266 e. The summed E-state index contributed by atoms with van der Waals surface area (Å²) < 4.78 is 1.09. The zero-order chi connectivity index (χ0) is 17.9. The van der Waals surface area contributed by atoms with Gasteiger partial charge in [0.05, 0.1) is 10.6 Å². The van der Waals surface area contributed by atoms with E-state index in [4.69, 9.17) is 0 Å². The molecule has 0 saturated carbocycles. The zero-order valence-electron chi connectivity index (χ0n) is 14.0. The van der Waals surface area contributed by atoms with Gasteiger partial charge in [-0.15, -0.1) is 11.3 Å². The first-order chi connectivity index (χ1) is 12.7. The third-order valence-electron chi connectivity index (χ3n) is 3.85. The second kappa shape index (κ2) is 7.27. The number of amides is 1. The fourth-order valence-electron chi connectivity index (χ4n) is 2.61. The Hall–Kier alpha value is -2.70. The summed E-state index contributed by atoms with van der Waals surface area (Å²) in [4.78, 5) is 22.3. The molecule has 6 heteroatoms. The normalized spacial score (nSPS) is 10.8. The van der Waals surface area contributed by atoms with Gasteiger partial charge in [0.15, 0.2) is 5.16 Å². The van der Waals surface area contributed by atoms with Crippen LogP contribution in [0.15, 0.2) is 71.9 Å². The Bertz CT molecular complexity index is 1040. The number of fused-ring (bicyclic) bond motifs is 1. The van der Waals surface area contributed by atoms with E-state index in [-0.39, 0.29) is 5.91 Å². The number of anilines is 1. The molecule has 128 valence electrons. The van der Waals surface area contributed by atoms with Crippen molar-refractivity contribution in [2.75, 3.05) is 11.6 Å². The van der Waals surface area contributed by atoms with E-state index in [9.17, 15) is 4.79 Å². The molecule has 0 radical (unpaired) electrons. The van der Waals surface area contributed by atoms with Crippen molar-refractivity contribution >= 4 is 44.9 Å². The van der Waals surface area contributed by atoms with Crippen molar-refractivity contribution in [1.82, 2.24) is 9.97 Å². The van der Waals surface area contributed by atoms with E-state index >= 15 is 0 Å². The number of hydrogen-bond acceptors (Lipinski definition) is 5. The number of hydrogen-bond donors (Lipinski definition) is 1. The third-order valence-corrected chi connectivity index (χ3v) is 5.51. The molecule has 2 heterocycles. The minimum Gasteiger partial charge on any atom is -0.306 e. The van der Waals surface area contributed by atoms with E-state index in [1.807, 2.05) is 66.9 Å². The molecule has 26 heavy (non-hydrogen) atoms. The van der Waals surface area contributed by atoms with E-state index in [0.29, 0.717) is 15.9 Å². The number of benzene rings is 2. The van der Waals surface area contributed by atoms with Gasteiger partial charge in [-0.25, -0.2) is 9.97 Å². The molecule has 0 bridgehead atoms. The topological polar surface area (TPSA) is 54.9 Å². The quantitative estimate of drug-likeness (QED) is 0.386. The highest BCUT2D eigenvalue weighted by atomic mass is 32.2. The van der Waals surface area contributed by atoms with Gasteiger partial charge >= 0.3 is 0 Å². The van der Waals surface area contributed by atoms with Crippen LogP contribution in [-0.4, -0.2) is 22.1 Å². The summed E-state index contributed by atoms with van der Waals surface area (Å²) in [5.41, 5.74) is 1.78. The highest BCUT2D eigenvalue weighted by Crippen LogP contribution is 2.27. The third kappa shape index (κ3) is 3.47. The molecule has 0 fully saturated rings. The van der Waals surface area contributed by atoms with Crippen LogP contribution < -0.4 is 5.32 Å². The second-order valence-electron chi connectivity index (χ2n) is 5.59. The van der Waals surface area contributed by atoms with Gasteiger partial charge in [0.2, 0.25) is 0 Å². The molecule has 4 aromatic rings. The van der Waals surface area contributed by atoms with Crippen LogP contribution in [0, 0.1) is 0 Å². The molecule has 0 unspecified atom stereocenters.